The van der Waals surface area contributed by atoms with E-state index < -0.39 is 41.6 Å². The number of hydrogen-bond acceptors (Lipinski definition) is 4. The molecule has 0 saturated heterocycles. The summed E-state index contributed by atoms with van der Waals surface area (Å²) in [4.78, 5) is 34.3. The molecule has 0 aromatic carbocycles. The number of hydrogen-bond donors (Lipinski definition) is 3. The second-order valence-electron chi connectivity index (χ2n) is 4.06. The van der Waals surface area contributed by atoms with Crippen LogP contribution in [0.2, 0.25) is 0 Å². The van der Waals surface area contributed by atoms with Crippen molar-refractivity contribution in [2.45, 2.75) is 6.04 Å². The second-order valence-corrected chi connectivity index (χ2v) is 4.06. The van der Waals surface area contributed by atoms with Gasteiger partial charge in [0.1, 0.15) is 6.04 Å². The summed E-state index contributed by atoms with van der Waals surface area (Å²) in [7, 11) is 2.98. The maximum absolute atomic E-state index is 11.6. The van der Waals surface area contributed by atoms with E-state index in [0.29, 0.717) is 0 Å². The Hall–Kier alpha value is -1.63. The molecule has 7 nitrogen and oxygen atoms in total. The Morgan fingerprint density at radius 3 is 2.00 bits per heavy atom. The zero-order valence-electron chi connectivity index (χ0n) is 8.95. The molecule has 1 unspecified atom stereocenters. The minimum atomic E-state index is -1.31. The van der Waals surface area contributed by atoms with Crippen molar-refractivity contribution in [3.63, 3.8) is 0 Å². The van der Waals surface area contributed by atoms with Crippen molar-refractivity contribution in [3.05, 3.63) is 0 Å². The van der Waals surface area contributed by atoms with Gasteiger partial charge in [0.15, 0.2) is 0 Å². The van der Waals surface area contributed by atoms with Gasteiger partial charge in [-0.05, 0) is 0 Å². The first-order valence-electron chi connectivity index (χ1n) is 4.71. The largest absolute Gasteiger partial charge is 0.481 e. The Bertz CT molecular complexity index is 341. The summed E-state index contributed by atoms with van der Waals surface area (Å²) in [6.45, 7) is 0. The molecule has 0 radical (unpaired) electrons. The maximum Gasteiger partial charge on any atom is 0.320 e. The molecule has 0 aliphatic heterocycles. The molecule has 1 rings (SSSR count). The van der Waals surface area contributed by atoms with Gasteiger partial charge in [0, 0.05) is 20.0 Å². The number of carboxylic acids is 2. The van der Waals surface area contributed by atoms with Crippen LogP contribution < -0.4 is 5.73 Å². The highest BCUT2D eigenvalue weighted by Gasteiger charge is 2.63. The van der Waals surface area contributed by atoms with Crippen molar-refractivity contribution in [2.75, 3.05) is 14.1 Å². The Morgan fingerprint density at radius 1 is 1.19 bits per heavy atom. The van der Waals surface area contributed by atoms with Crippen LogP contribution in [0.5, 0.6) is 0 Å². The molecule has 4 atom stereocenters. The summed E-state index contributed by atoms with van der Waals surface area (Å²) >= 11 is 0. The van der Waals surface area contributed by atoms with Crippen LogP contribution in [0.1, 0.15) is 0 Å². The van der Waals surface area contributed by atoms with E-state index in [2.05, 4.69) is 0 Å². The summed E-state index contributed by atoms with van der Waals surface area (Å²) in [6, 6.07) is -1.31. The molecule has 0 aromatic rings. The number of nitrogens with zero attached hydrogens (tertiary/aromatic N) is 1. The smallest absolute Gasteiger partial charge is 0.320 e. The van der Waals surface area contributed by atoms with Gasteiger partial charge in [-0.15, -0.1) is 0 Å². The Labute approximate surface area is 91.8 Å². The molecule has 1 fully saturated rings. The van der Waals surface area contributed by atoms with Crippen molar-refractivity contribution in [2.24, 2.45) is 23.5 Å². The summed E-state index contributed by atoms with van der Waals surface area (Å²) in [5.41, 5.74) is 5.34. The molecule has 4 N–H and O–H groups in total. The first-order valence-corrected chi connectivity index (χ1v) is 4.71. The summed E-state index contributed by atoms with van der Waals surface area (Å²) in [5.74, 6) is -5.48. The van der Waals surface area contributed by atoms with Crippen molar-refractivity contribution in [1.82, 2.24) is 4.90 Å². The van der Waals surface area contributed by atoms with E-state index in [0.717, 1.165) is 0 Å². The Morgan fingerprint density at radius 2 is 1.69 bits per heavy atom. The van der Waals surface area contributed by atoms with Gasteiger partial charge in [-0.3, -0.25) is 14.4 Å². The normalized spacial score (nSPS) is 29.3. The Kier molecular flexibility index (Phi) is 3.18. The van der Waals surface area contributed by atoms with Crippen LogP contribution in [0.25, 0.3) is 0 Å². The van der Waals surface area contributed by atoms with Gasteiger partial charge in [-0.1, -0.05) is 0 Å². The number of carbonyl (C=O) groups is 3. The molecular weight excluding hydrogens is 216 g/mol. The SMILES string of the molecule is CN(C)C(=O)[C@H]1[C@H](C(=O)O)[C@H]1C(N)C(=O)O. The lowest BCUT2D eigenvalue weighted by Gasteiger charge is -2.10. The van der Waals surface area contributed by atoms with Gasteiger partial charge in [0.05, 0.1) is 11.8 Å². The molecule has 90 valence electrons. The van der Waals surface area contributed by atoms with Crippen LogP contribution in [-0.2, 0) is 14.4 Å². The Balaban J connectivity index is 2.83. The van der Waals surface area contributed by atoms with Crippen LogP contribution in [0.4, 0.5) is 0 Å². The van der Waals surface area contributed by atoms with Crippen molar-refractivity contribution >= 4 is 17.8 Å². The molecule has 1 amide bonds. The molecule has 7 heteroatoms. The van der Waals surface area contributed by atoms with E-state index in [1.165, 1.54) is 19.0 Å². The minimum Gasteiger partial charge on any atom is -0.481 e. The average Bonchev–Trinajstić information content (AvgIpc) is 2.89. The zero-order chi connectivity index (χ0) is 12.6. The van der Waals surface area contributed by atoms with Gasteiger partial charge in [0.25, 0.3) is 0 Å². The van der Waals surface area contributed by atoms with Gasteiger partial charge in [0.2, 0.25) is 5.91 Å². The van der Waals surface area contributed by atoms with Crippen LogP contribution in [0.15, 0.2) is 0 Å². The minimum absolute atomic E-state index is 0.394. The van der Waals surface area contributed by atoms with Crippen molar-refractivity contribution in [1.29, 1.82) is 0 Å². The number of amides is 1. The third-order valence-corrected chi connectivity index (χ3v) is 2.79. The molecule has 0 heterocycles. The van der Waals surface area contributed by atoms with E-state index >= 15 is 0 Å². The summed E-state index contributed by atoms with van der Waals surface area (Å²) in [6.07, 6.45) is 0. The van der Waals surface area contributed by atoms with E-state index in [1.807, 2.05) is 0 Å². The van der Waals surface area contributed by atoms with Crippen LogP contribution >= 0.6 is 0 Å². The third kappa shape index (κ3) is 1.99. The molecule has 0 bridgehead atoms. The number of aliphatic carboxylic acids is 2. The molecule has 1 saturated carbocycles. The first-order chi connectivity index (χ1) is 7.29. The van der Waals surface area contributed by atoms with Crippen LogP contribution in [0, 0.1) is 17.8 Å². The lowest BCUT2D eigenvalue weighted by Crippen LogP contribution is -2.35. The third-order valence-electron chi connectivity index (χ3n) is 2.79. The standard InChI is InChI=1S/C9H14N2O5/c1-11(2)7(12)4-3(5(4)8(13)14)6(10)9(15)16/h3-6H,10H2,1-2H3,(H,13,14)(H,15,16)/t3-,4+,5+,6?/m0/s1. The molecule has 0 spiro atoms. The summed E-state index contributed by atoms with van der Waals surface area (Å²) in [5, 5.41) is 17.5. The van der Waals surface area contributed by atoms with Gasteiger partial charge in [-0.25, -0.2) is 0 Å². The van der Waals surface area contributed by atoms with E-state index in [1.54, 1.807) is 0 Å². The average molecular weight is 230 g/mol. The molecule has 1 aliphatic carbocycles. The van der Waals surface area contributed by atoms with E-state index in [9.17, 15) is 14.4 Å². The topological polar surface area (TPSA) is 121 Å². The fourth-order valence-corrected chi connectivity index (χ4v) is 1.88. The predicted molar refractivity (Wildman–Crippen MR) is 52.4 cm³/mol. The van der Waals surface area contributed by atoms with E-state index in [4.69, 9.17) is 15.9 Å². The van der Waals surface area contributed by atoms with Gasteiger partial charge in [-0.2, -0.15) is 0 Å². The van der Waals surface area contributed by atoms with Crippen molar-refractivity contribution in [3.8, 4) is 0 Å². The summed E-state index contributed by atoms with van der Waals surface area (Å²) < 4.78 is 0. The van der Waals surface area contributed by atoms with Crippen LogP contribution in [-0.4, -0.2) is 53.1 Å². The quantitative estimate of drug-likeness (QED) is 0.536. The monoisotopic (exact) mass is 230 g/mol. The molecule has 16 heavy (non-hydrogen) atoms. The van der Waals surface area contributed by atoms with Gasteiger partial charge < -0.3 is 20.8 Å². The number of carbonyl (C=O) groups excluding carboxylic acids is 1. The number of rotatable bonds is 4. The maximum atomic E-state index is 11.6. The highest BCUT2D eigenvalue weighted by Crippen LogP contribution is 2.49. The van der Waals surface area contributed by atoms with E-state index in [-0.39, 0.29) is 0 Å². The number of carboxylic acid groups (broad SMARTS) is 2. The lowest BCUT2D eigenvalue weighted by atomic mass is 10.1. The second kappa shape index (κ2) is 4.09. The first kappa shape index (κ1) is 12.4. The molecule has 0 aromatic heterocycles. The van der Waals surface area contributed by atoms with Crippen molar-refractivity contribution < 1.29 is 24.6 Å². The zero-order valence-corrected chi connectivity index (χ0v) is 8.95. The highest BCUT2D eigenvalue weighted by atomic mass is 16.4. The molecule has 1 aliphatic rings. The van der Waals surface area contributed by atoms with Crippen LogP contribution in [0.3, 0.4) is 0 Å². The number of nitrogens with two attached hydrogens (primary N) is 1. The molecular formula is C9H14N2O5. The van der Waals surface area contributed by atoms with Gasteiger partial charge >= 0.3 is 11.9 Å². The highest BCUT2D eigenvalue weighted by molar-refractivity contribution is 5.92. The predicted octanol–water partition coefficient (Wildman–Crippen LogP) is -1.57. The fraction of sp³-hybridized carbons (Fsp3) is 0.667. The lowest BCUT2D eigenvalue weighted by molar-refractivity contribution is -0.141. The fourth-order valence-electron chi connectivity index (χ4n) is 1.88.